The molecule has 1 aliphatic rings. The second-order valence-corrected chi connectivity index (χ2v) is 7.80. The number of ether oxygens (including phenoxy) is 1. The Kier molecular flexibility index (Phi) is 9.58. The number of esters is 1. The van der Waals surface area contributed by atoms with Crippen molar-refractivity contribution in [3.05, 3.63) is 52.8 Å². The molecule has 0 unspecified atom stereocenters. The van der Waals surface area contributed by atoms with Gasteiger partial charge in [0.25, 0.3) is 5.91 Å². The highest BCUT2D eigenvalue weighted by Gasteiger charge is 2.20. The summed E-state index contributed by atoms with van der Waals surface area (Å²) in [5, 5.41) is 7.49. The predicted octanol–water partition coefficient (Wildman–Crippen LogP) is 4.90. The summed E-state index contributed by atoms with van der Waals surface area (Å²) >= 11 is 0. The molecule has 1 aromatic heterocycles. The fourth-order valence-electron chi connectivity index (χ4n) is 3.43. The minimum atomic E-state index is -0.364. The number of methoxy groups -OCH3 is 1. The van der Waals surface area contributed by atoms with Gasteiger partial charge in [0.05, 0.1) is 31.0 Å². The van der Waals surface area contributed by atoms with E-state index in [0.717, 1.165) is 24.1 Å². The topological polar surface area (TPSA) is 73.2 Å². The number of unbranched alkanes of at least 4 members (excludes halogenated alkanes) is 1. The van der Waals surface area contributed by atoms with E-state index in [9.17, 15) is 9.59 Å². The maximum absolute atomic E-state index is 12.6. The van der Waals surface area contributed by atoms with E-state index in [-0.39, 0.29) is 17.9 Å². The number of nitrogens with one attached hydrogen (secondary N) is 1. The Balaban J connectivity index is 0.000000735. The molecule has 6 heteroatoms. The molecular weight excluding hydrogens is 378 g/mol. The van der Waals surface area contributed by atoms with Crippen LogP contribution >= 0.6 is 0 Å². The molecule has 164 valence electrons. The molecule has 0 radical (unpaired) electrons. The van der Waals surface area contributed by atoms with E-state index in [0.29, 0.717) is 17.7 Å². The first kappa shape index (κ1) is 23.6. The summed E-state index contributed by atoms with van der Waals surface area (Å²) in [5.74, 6) is -0.416. The minimum Gasteiger partial charge on any atom is -0.465 e. The number of rotatable bonds is 6. The Hall–Kier alpha value is -2.63. The zero-order valence-electron chi connectivity index (χ0n) is 18.7. The van der Waals surface area contributed by atoms with Crippen LogP contribution in [-0.2, 0) is 11.3 Å². The van der Waals surface area contributed by atoms with E-state index in [2.05, 4.69) is 24.3 Å². The van der Waals surface area contributed by atoms with Gasteiger partial charge in [-0.3, -0.25) is 9.48 Å². The van der Waals surface area contributed by atoms with Crippen molar-refractivity contribution in [3.63, 3.8) is 0 Å². The van der Waals surface area contributed by atoms with E-state index >= 15 is 0 Å². The van der Waals surface area contributed by atoms with E-state index in [1.54, 1.807) is 23.0 Å². The van der Waals surface area contributed by atoms with Crippen molar-refractivity contribution in [1.29, 1.82) is 0 Å². The lowest BCUT2D eigenvalue weighted by Gasteiger charge is -2.22. The first-order valence-electron chi connectivity index (χ1n) is 11.0. The fraction of sp³-hybridized carbons (Fsp3) is 0.542. The number of carbonyl (C=O) groups excluding carboxylic acids is 2. The molecule has 0 spiro atoms. The fourth-order valence-corrected chi connectivity index (χ4v) is 3.43. The maximum Gasteiger partial charge on any atom is 0.337 e. The maximum atomic E-state index is 12.6. The number of benzene rings is 1. The number of aromatic nitrogens is 2. The van der Waals surface area contributed by atoms with Crippen molar-refractivity contribution in [3.8, 4) is 0 Å². The van der Waals surface area contributed by atoms with E-state index in [1.807, 2.05) is 19.1 Å². The highest BCUT2D eigenvalue weighted by Crippen LogP contribution is 2.19. The summed E-state index contributed by atoms with van der Waals surface area (Å²) < 4.78 is 6.54. The number of amides is 1. The zero-order chi connectivity index (χ0) is 21.9. The number of hydrogen-bond donors (Lipinski definition) is 1. The smallest absolute Gasteiger partial charge is 0.337 e. The Morgan fingerprint density at radius 2 is 1.87 bits per heavy atom. The van der Waals surface area contributed by atoms with Crippen LogP contribution in [0.1, 0.15) is 90.8 Å². The lowest BCUT2D eigenvalue weighted by Crippen LogP contribution is -2.36. The number of hydrogen-bond acceptors (Lipinski definition) is 4. The van der Waals surface area contributed by atoms with Gasteiger partial charge in [0.15, 0.2) is 0 Å². The summed E-state index contributed by atoms with van der Waals surface area (Å²) in [6.07, 6.45) is 9.99. The quantitative estimate of drug-likeness (QED) is 0.684. The molecule has 0 atom stereocenters. The summed E-state index contributed by atoms with van der Waals surface area (Å²) in [5.41, 5.74) is 2.87. The second-order valence-electron chi connectivity index (χ2n) is 7.80. The van der Waals surface area contributed by atoms with Crippen molar-refractivity contribution in [1.82, 2.24) is 15.1 Å². The van der Waals surface area contributed by atoms with Crippen LogP contribution < -0.4 is 5.32 Å². The minimum absolute atomic E-state index is 0.0519. The molecular formula is C24H35N3O3. The third-order valence-corrected chi connectivity index (χ3v) is 5.47. The number of nitrogens with zero attached hydrogens (tertiary/aromatic N) is 2. The number of carbonyl (C=O) groups is 2. The summed E-state index contributed by atoms with van der Waals surface area (Å²) in [6.45, 7) is 6.75. The van der Waals surface area contributed by atoms with Crippen LogP contribution in [0, 0.1) is 6.92 Å². The van der Waals surface area contributed by atoms with Gasteiger partial charge in [-0.2, -0.15) is 5.10 Å². The van der Waals surface area contributed by atoms with Crippen LogP contribution in [0.4, 0.5) is 0 Å². The van der Waals surface area contributed by atoms with Gasteiger partial charge in [-0.05, 0) is 37.5 Å². The van der Waals surface area contributed by atoms with Crippen molar-refractivity contribution in [2.24, 2.45) is 0 Å². The summed E-state index contributed by atoms with van der Waals surface area (Å²) in [6, 6.07) is 7.52. The van der Waals surface area contributed by atoms with Crippen LogP contribution in [0.2, 0.25) is 0 Å². The molecule has 1 fully saturated rings. The molecule has 6 nitrogen and oxygen atoms in total. The second kappa shape index (κ2) is 12.2. The Labute approximate surface area is 180 Å². The average molecular weight is 414 g/mol. The van der Waals surface area contributed by atoms with Gasteiger partial charge in [0.2, 0.25) is 0 Å². The molecule has 30 heavy (non-hydrogen) atoms. The lowest BCUT2D eigenvalue weighted by atomic mass is 9.95. The molecule has 1 saturated carbocycles. The van der Waals surface area contributed by atoms with Gasteiger partial charge < -0.3 is 10.1 Å². The first-order valence-corrected chi connectivity index (χ1v) is 11.0. The molecule has 0 saturated heterocycles. The third kappa shape index (κ3) is 6.71. The Morgan fingerprint density at radius 1 is 1.17 bits per heavy atom. The largest absolute Gasteiger partial charge is 0.465 e. The SMILES string of the molecule is CCCC.COC(=O)c1cccc(Cn2ncc(C(=O)NC3CCCCC3)c2C)c1. The Morgan fingerprint density at radius 3 is 2.50 bits per heavy atom. The lowest BCUT2D eigenvalue weighted by molar-refractivity contribution is 0.0600. The highest BCUT2D eigenvalue weighted by molar-refractivity contribution is 5.95. The van der Waals surface area contributed by atoms with Crippen molar-refractivity contribution in [2.45, 2.75) is 78.3 Å². The van der Waals surface area contributed by atoms with Crippen molar-refractivity contribution < 1.29 is 14.3 Å². The van der Waals surface area contributed by atoms with Crippen molar-refractivity contribution in [2.75, 3.05) is 7.11 Å². The van der Waals surface area contributed by atoms with Gasteiger partial charge in [-0.15, -0.1) is 0 Å². The van der Waals surface area contributed by atoms with Crippen LogP contribution in [0.3, 0.4) is 0 Å². The molecule has 0 bridgehead atoms. The Bertz CT molecular complexity index is 821. The van der Waals surface area contributed by atoms with Crippen molar-refractivity contribution >= 4 is 11.9 Å². The first-order chi connectivity index (χ1) is 14.5. The highest BCUT2D eigenvalue weighted by atomic mass is 16.5. The van der Waals surface area contributed by atoms with E-state index < -0.39 is 0 Å². The molecule has 1 aromatic carbocycles. The van der Waals surface area contributed by atoms with Crippen LogP contribution in [0.15, 0.2) is 30.5 Å². The predicted molar refractivity (Wildman–Crippen MR) is 119 cm³/mol. The average Bonchev–Trinajstić information content (AvgIpc) is 3.14. The van der Waals surface area contributed by atoms with Gasteiger partial charge in [0.1, 0.15) is 0 Å². The van der Waals surface area contributed by atoms with Crippen LogP contribution in [0.5, 0.6) is 0 Å². The normalized spacial score (nSPS) is 13.9. The summed E-state index contributed by atoms with van der Waals surface area (Å²) in [4.78, 5) is 24.2. The van der Waals surface area contributed by atoms with Gasteiger partial charge in [-0.25, -0.2) is 4.79 Å². The van der Waals surface area contributed by atoms with E-state index in [4.69, 9.17) is 4.74 Å². The standard InChI is InChI=1S/C20H25N3O3.C4H10/c1-14-18(19(24)22-17-9-4-3-5-10-17)12-21-23(14)13-15-7-6-8-16(11-15)20(25)26-2;1-3-4-2/h6-8,11-12,17H,3-5,9-10,13H2,1-2H3,(H,22,24);3-4H2,1-2H3. The monoisotopic (exact) mass is 413 g/mol. The van der Waals surface area contributed by atoms with Gasteiger partial charge in [0, 0.05) is 11.7 Å². The molecule has 1 N–H and O–H groups in total. The van der Waals surface area contributed by atoms with Gasteiger partial charge in [-0.1, -0.05) is 58.1 Å². The molecule has 3 rings (SSSR count). The molecule has 1 amide bonds. The molecule has 1 aliphatic carbocycles. The zero-order valence-corrected chi connectivity index (χ0v) is 18.7. The van der Waals surface area contributed by atoms with Crippen LogP contribution in [-0.4, -0.2) is 34.8 Å². The van der Waals surface area contributed by atoms with Crippen LogP contribution in [0.25, 0.3) is 0 Å². The molecule has 0 aliphatic heterocycles. The molecule has 1 heterocycles. The van der Waals surface area contributed by atoms with Gasteiger partial charge >= 0.3 is 5.97 Å². The summed E-state index contributed by atoms with van der Waals surface area (Å²) in [7, 11) is 1.36. The third-order valence-electron chi connectivity index (χ3n) is 5.47. The molecule has 2 aromatic rings. The van der Waals surface area contributed by atoms with E-state index in [1.165, 1.54) is 39.2 Å².